The minimum absolute atomic E-state index is 0.154. The molecular formula is C14H20BrN3O2S. The Balaban J connectivity index is 1.47. The van der Waals surface area contributed by atoms with E-state index >= 15 is 0 Å². The number of nitrogens with one attached hydrogen (secondary N) is 1. The molecule has 0 bridgehead atoms. The number of piperazine rings is 1. The topological polar surface area (TPSA) is 44.8 Å². The van der Waals surface area contributed by atoms with Gasteiger partial charge in [-0.15, -0.1) is 11.3 Å². The first-order chi connectivity index (χ1) is 10.2. The Morgan fingerprint density at radius 3 is 2.81 bits per heavy atom. The molecule has 7 heteroatoms. The zero-order valence-corrected chi connectivity index (χ0v) is 14.3. The third-order valence-corrected chi connectivity index (χ3v) is 5.52. The Labute approximate surface area is 137 Å². The molecule has 1 aromatic rings. The Morgan fingerprint density at radius 2 is 2.19 bits per heavy atom. The Hall–Kier alpha value is -0.470. The lowest BCUT2D eigenvalue weighted by atomic mass is 10.2. The lowest BCUT2D eigenvalue weighted by Gasteiger charge is -2.37. The van der Waals surface area contributed by atoms with Crippen LogP contribution in [0.3, 0.4) is 0 Å². The van der Waals surface area contributed by atoms with E-state index in [0.717, 1.165) is 39.3 Å². The van der Waals surface area contributed by atoms with Gasteiger partial charge in [-0.05, 0) is 28.1 Å². The molecule has 116 valence electrons. The van der Waals surface area contributed by atoms with Crippen molar-refractivity contribution in [1.29, 1.82) is 0 Å². The molecule has 5 nitrogen and oxygen atoms in total. The summed E-state index contributed by atoms with van der Waals surface area (Å²) in [5.41, 5.74) is 0. The zero-order chi connectivity index (χ0) is 14.7. The number of amides is 1. The van der Waals surface area contributed by atoms with Crippen molar-refractivity contribution in [3.8, 4) is 0 Å². The molecule has 1 atom stereocenters. The highest BCUT2D eigenvalue weighted by molar-refractivity contribution is 9.11. The lowest BCUT2D eigenvalue weighted by Crippen LogP contribution is -2.56. The summed E-state index contributed by atoms with van der Waals surface area (Å²) in [6, 6.07) is 4.10. The summed E-state index contributed by atoms with van der Waals surface area (Å²) < 4.78 is 6.55. The molecule has 1 amide bonds. The molecule has 0 aromatic carbocycles. The van der Waals surface area contributed by atoms with E-state index in [1.807, 2.05) is 4.90 Å². The molecule has 2 aliphatic heterocycles. The third kappa shape index (κ3) is 4.04. The van der Waals surface area contributed by atoms with Crippen LogP contribution in [0.1, 0.15) is 4.88 Å². The van der Waals surface area contributed by atoms with Crippen LogP contribution in [0.2, 0.25) is 0 Å². The van der Waals surface area contributed by atoms with E-state index in [9.17, 15) is 4.79 Å². The molecule has 0 saturated carbocycles. The van der Waals surface area contributed by atoms with Crippen molar-refractivity contribution >= 4 is 33.2 Å². The molecule has 0 spiro atoms. The van der Waals surface area contributed by atoms with Crippen molar-refractivity contribution in [2.24, 2.45) is 0 Å². The number of morpholine rings is 1. The van der Waals surface area contributed by atoms with Gasteiger partial charge in [0.25, 0.3) is 0 Å². The van der Waals surface area contributed by atoms with Crippen molar-refractivity contribution in [3.63, 3.8) is 0 Å². The van der Waals surface area contributed by atoms with Crippen LogP contribution in [-0.4, -0.2) is 67.7 Å². The standard InChI is InChI=1S/C14H20BrN3O2S/c15-13-2-1-11(21-13)9-17-4-6-18(7-5-17)14(19)12-10-20-8-3-16-12/h1-2,12,16H,3-10H2. The van der Waals surface area contributed by atoms with Crippen molar-refractivity contribution < 1.29 is 9.53 Å². The quantitative estimate of drug-likeness (QED) is 0.862. The number of carbonyl (C=O) groups is 1. The molecule has 2 aliphatic rings. The molecule has 2 fully saturated rings. The molecule has 3 rings (SSSR count). The van der Waals surface area contributed by atoms with E-state index in [0.29, 0.717) is 13.2 Å². The maximum atomic E-state index is 12.4. The van der Waals surface area contributed by atoms with E-state index in [2.05, 4.69) is 38.3 Å². The van der Waals surface area contributed by atoms with Crippen molar-refractivity contribution in [2.75, 3.05) is 45.9 Å². The van der Waals surface area contributed by atoms with Gasteiger partial charge in [-0.2, -0.15) is 0 Å². The zero-order valence-electron chi connectivity index (χ0n) is 11.9. The highest BCUT2D eigenvalue weighted by Gasteiger charge is 2.28. The summed E-state index contributed by atoms with van der Waals surface area (Å²) in [5.74, 6) is 0.188. The van der Waals surface area contributed by atoms with Crippen LogP contribution in [0.5, 0.6) is 0 Å². The second-order valence-corrected chi connectivity index (χ2v) is 7.94. The van der Waals surface area contributed by atoms with Crippen LogP contribution in [0, 0.1) is 0 Å². The summed E-state index contributed by atoms with van der Waals surface area (Å²) in [4.78, 5) is 18.1. The molecule has 1 aromatic heterocycles. The number of halogens is 1. The number of carbonyl (C=O) groups excluding carboxylic acids is 1. The normalized spacial score (nSPS) is 24.2. The summed E-state index contributed by atoms with van der Waals surface area (Å²) >= 11 is 5.28. The smallest absolute Gasteiger partial charge is 0.242 e. The summed E-state index contributed by atoms with van der Waals surface area (Å²) in [6.07, 6.45) is 0. The van der Waals surface area contributed by atoms with Crippen LogP contribution in [-0.2, 0) is 16.1 Å². The predicted molar refractivity (Wildman–Crippen MR) is 86.5 cm³/mol. The molecule has 1 unspecified atom stereocenters. The fourth-order valence-electron chi connectivity index (χ4n) is 2.73. The monoisotopic (exact) mass is 373 g/mol. The Kier molecular flexibility index (Phi) is 5.29. The SMILES string of the molecule is O=C(C1COCCN1)N1CCN(Cc2ccc(Br)s2)CC1. The van der Waals surface area contributed by atoms with E-state index in [1.165, 1.54) is 8.66 Å². The Bertz CT molecular complexity index is 482. The van der Waals surface area contributed by atoms with Crippen LogP contribution in [0.4, 0.5) is 0 Å². The van der Waals surface area contributed by atoms with Crippen LogP contribution in [0.15, 0.2) is 15.9 Å². The van der Waals surface area contributed by atoms with Crippen LogP contribution >= 0.6 is 27.3 Å². The molecule has 2 saturated heterocycles. The van der Waals surface area contributed by atoms with Gasteiger partial charge < -0.3 is 15.0 Å². The summed E-state index contributed by atoms with van der Waals surface area (Å²) in [6.45, 7) is 6.44. The second-order valence-electron chi connectivity index (χ2n) is 5.39. The number of ether oxygens (including phenoxy) is 1. The first kappa shape index (κ1) is 15.4. The number of hydrogen-bond acceptors (Lipinski definition) is 5. The highest BCUT2D eigenvalue weighted by Crippen LogP contribution is 2.23. The molecule has 3 heterocycles. The summed E-state index contributed by atoms with van der Waals surface area (Å²) in [5, 5.41) is 3.24. The van der Waals surface area contributed by atoms with Crippen molar-refractivity contribution in [2.45, 2.75) is 12.6 Å². The number of hydrogen-bond donors (Lipinski definition) is 1. The number of thiophene rings is 1. The van der Waals surface area contributed by atoms with Gasteiger partial charge in [0, 0.05) is 44.1 Å². The first-order valence-electron chi connectivity index (χ1n) is 7.29. The van der Waals surface area contributed by atoms with Crippen molar-refractivity contribution in [1.82, 2.24) is 15.1 Å². The molecule has 0 radical (unpaired) electrons. The maximum Gasteiger partial charge on any atom is 0.242 e. The average molecular weight is 374 g/mol. The van der Waals surface area contributed by atoms with Crippen molar-refractivity contribution in [3.05, 3.63) is 20.8 Å². The largest absolute Gasteiger partial charge is 0.378 e. The van der Waals surface area contributed by atoms with Gasteiger partial charge in [0.2, 0.25) is 5.91 Å². The van der Waals surface area contributed by atoms with Gasteiger partial charge in [0.1, 0.15) is 6.04 Å². The fraction of sp³-hybridized carbons (Fsp3) is 0.643. The molecule has 1 N–H and O–H groups in total. The minimum Gasteiger partial charge on any atom is -0.378 e. The van der Waals surface area contributed by atoms with Gasteiger partial charge in [0.15, 0.2) is 0 Å². The number of rotatable bonds is 3. The van der Waals surface area contributed by atoms with Gasteiger partial charge in [-0.3, -0.25) is 9.69 Å². The molecule has 0 aliphatic carbocycles. The number of nitrogens with zero attached hydrogens (tertiary/aromatic N) is 2. The third-order valence-electron chi connectivity index (χ3n) is 3.91. The molecular weight excluding hydrogens is 354 g/mol. The minimum atomic E-state index is -0.154. The van der Waals surface area contributed by atoms with Gasteiger partial charge >= 0.3 is 0 Å². The van der Waals surface area contributed by atoms with Gasteiger partial charge in [-0.1, -0.05) is 0 Å². The van der Waals surface area contributed by atoms with Crippen LogP contribution in [0.25, 0.3) is 0 Å². The second kappa shape index (κ2) is 7.19. The Morgan fingerprint density at radius 1 is 1.38 bits per heavy atom. The summed E-state index contributed by atoms with van der Waals surface area (Å²) in [7, 11) is 0. The highest BCUT2D eigenvalue weighted by atomic mass is 79.9. The first-order valence-corrected chi connectivity index (χ1v) is 8.90. The predicted octanol–water partition coefficient (Wildman–Crippen LogP) is 1.14. The van der Waals surface area contributed by atoms with E-state index in [-0.39, 0.29) is 11.9 Å². The van der Waals surface area contributed by atoms with Gasteiger partial charge in [0.05, 0.1) is 17.0 Å². The average Bonchev–Trinajstić information content (AvgIpc) is 2.93. The molecule has 21 heavy (non-hydrogen) atoms. The lowest BCUT2D eigenvalue weighted by molar-refractivity contribution is -0.138. The van der Waals surface area contributed by atoms with Gasteiger partial charge in [-0.25, -0.2) is 0 Å². The van der Waals surface area contributed by atoms with E-state index in [4.69, 9.17) is 4.74 Å². The van der Waals surface area contributed by atoms with E-state index in [1.54, 1.807) is 11.3 Å². The maximum absolute atomic E-state index is 12.4. The van der Waals surface area contributed by atoms with Crippen LogP contribution < -0.4 is 5.32 Å². The fourth-order valence-corrected chi connectivity index (χ4v) is 4.25. The van der Waals surface area contributed by atoms with E-state index < -0.39 is 0 Å².